The topological polar surface area (TPSA) is 20.3 Å². The van der Waals surface area contributed by atoms with Gasteiger partial charge in [0.1, 0.15) is 0 Å². The maximum Gasteiger partial charge on any atom is 0.300 e. The van der Waals surface area contributed by atoms with Gasteiger partial charge in [-0.2, -0.15) is 0 Å². The second-order valence-electron chi connectivity index (χ2n) is 3.88. The van der Waals surface area contributed by atoms with Gasteiger partial charge in [-0.15, -0.1) is 0 Å². The van der Waals surface area contributed by atoms with Gasteiger partial charge in [0.15, 0.2) is 0 Å². The molecule has 2 rings (SSSR count). The Morgan fingerprint density at radius 3 is 2.44 bits per heavy atom. The van der Waals surface area contributed by atoms with E-state index in [9.17, 15) is 13.6 Å². The molecule has 1 heterocycles. The maximum atomic E-state index is 12.4. The zero-order valence-corrected chi connectivity index (χ0v) is 8.83. The Morgan fingerprint density at radius 1 is 1.19 bits per heavy atom. The molecule has 0 unspecified atom stereocenters. The highest BCUT2D eigenvalue weighted by Gasteiger charge is 2.24. The van der Waals surface area contributed by atoms with E-state index in [4.69, 9.17) is 0 Å². The molecule has 0 aromatic heterocycles. The molecule has 0 aliphatic carbocycles. The lowest BCUT2D eigenvalue weighted by Gasteiger charge is -2.20. The summed E-state index contributed by atoms with van der Waals surface area (Å²) in [7, 11) is 0. The van der Waals surface area contributed by atoms with Gasteiger partial charge in [-0.05, 0) is 25.0 Å². The lowest BCUT2D eigenvalue weighted by atomic mass is 10.1. The fourth-order valence-electron chi connectivity index (χ4n) is 2.03. The summed E-state index contributed by atoms with van der Waals surface area (Å²) < 4.78 is 24.8. The van der Waals surface area contributed by atoms with Gasteiger partial charge in [0, 0.05) is 24.3 Å². The molecule has 0 spiro atoms. The van der Waals surface area contributed by atoms with E-state index in [1.165, 1.54) is 6.07 Å². The molecule has 0 bridgehead atoms. The van der Waals surface area contributed by atoms with Crippen LogP contribution in [-0.4, -0.2) is 25.3 Å². The maximum absolute atomic E-state index is 12.4. The second-order valence-corrected chi connectivity index (χ2v) is 3.88. The minimum absolute atomic E-state index is 0.138. The van der Waals surface area contributed by atoms with E-state index in [1.54, 1.807) is 18.2 Å². The third-order valence-corrected chi connectivity index (χ3v) is 2.81. The van der Waals surface area contributed by atoms with Crippen molar-refractivity contribution in [3.8, 4) is 0 Å². The van der Waals surface area contributed by atoms with Crippen molar-refractivity contribution >= 4 is 11.5 Å². The molecule has 2 nitrogen and oxygen atoms in total. The molecule has 1 aliphatic rings. The molecular formula is C12H13F2NO. The molecule has 0 radical (unpaired) electrons. The van der Waals surface area contributed by atoms with E-state index >= 15 is 0 Å². The molecule has 4 heteroatoms. The number of carbonyl (C=O) groups is 1. The molecule has 1 saturated heterocycles. The summed E-state index contributed by atoms with van der Waals surface area (Å²) in [5.41, 5.74) is 0.782. The van der Waals surface area contributed by atoms with Gasteiger partial charge in [-0.1, -0.05) is 12.1 Å². The van der Waals surface area contributed by atoms with Crippen LogP contribution in [0.4, 0.5) is 14.5 Å². The summed E-state index contributed by atoms with van der Waals surface area (Å²) in [6.07, 6.45) is -0.822. The predicted octanol–water partition coefficient (Wildman–Crippen LogP) is 2.73. The first-order valence-corrected chi connectivity index (χ1v) is 5.36. The normalized spacial score (nSPS) is 15.8. The van der Waals surface area contributed by atoms with E-state index in [0.717, 1.165) is 25.9 Å². The molecule has 0 amide bonds. The van der Waals surface area contributed by atoms with Crippen LogP contribution in [0.15, 0.2) is 24.3 Å². The Hall–Kier alpha value is -1.45. The van der Waals surface area contributed by atoms with Crippen molar-refractivity contribution in [3.05, 3.63) is 29.8 Å². The van der Waals surface area contributed by atoms with E-state index in [2.05, 4.69) is 0 Å². The van der Waals surface area contributed by atoms with Crippen LogP contribution in [0.25, 0.3) is 0 Å². The van der Waals surface area contributed by atoms with E-state index in [0.29, 0.717) is 5.69 Å². The van der Waals surface area contributed by atoms with Crippen molar-refractivity contribution in [2.45, 2.75) is 19.3 Å². The first kappa shape index (κ1) is 11.0. The molecule has 0 atom stereocenters. The highest BCUT2D eigenvalue weighted by atomic mass is 19.3. The Bertz CT molecular complexity index is 386. The minimum atomic E-state index is -2.93. The van der Waals surface area contributed by atoms with Gasteiger partial charge in [0.2, 0.25) is 5.78 Å². The SMILES string of the molecule is O=C(c1ccccc1N1CCCC1)C(F)F. The van der Waals surface area contributed by atoms with Gasteiger partial charge in [-0.3, -0.25) is 4.79 Å². The molecular weight excluding hydrogens is 212 g/mol. The summed E-state index contributed by atoms with van der Waals surface area (Å²) in [6, 6.07) is 6.61. The van der Waals surface area contributed by atoms with Crippen LogP contribution in [0.2, 0.25) is 0 Å². The summed E-state index contributed by atoms with van der Waals surface area (Å²) >= 11 is 0. The average Bonchev–Trinajstić information content (AvgIpc) is 2.81. The number of hydrogen-bond acceptors (Lipinski definition) is 2. The first-order valence-electron chi connectivity index (χ1n) is 5.36. The fourth-order valence-corrected chi connectivity index (χ4v) is 2.03. The quantitative estimate of drug-likeness (QED) is 0.737. The van der Waals surface area contributed by atoms with Gasteiger partial charge in [-0.25, -0.2) is 8.78 Å². The van der Waals surface area contributed by atoms with Gasteiger partial charge < -0.3 is 4.90 Å². The summed E-state index contributed by atoms with van der Waals surface area (Å²) in [5.74, 6) is -1.08. The Kier molecular flexibility index (Phi) is 3.17. The van der Waals surface area contributed by atoms with Crippen LogP contribution >= 0.6 is 0 Å². The number of nitrogens with zero attached hydrogens (tertiary/aromatic N) is 1. The zero-order valence-electron chi connectivity index (χ0n) is 8.83. The summed E-state index contributed by atoms with van der Waals surface area (Å²) in [5, 5.41) is 0. The van der Waals surface area contributed by atoms with Crippen LogP contribution in [0.5, 0.6) is 0 Å². The molecule has 1 aromatic rings. The van der Waals surface area contributed by atoms with Crippen LogP contribution in [0.1, 0.15) is 23.2 Å². The van der Waals surface area contributed by atoms with Crippen molar-refractivity contribution in [3.63, 3.8) is 0 Å². The van der Waals surface area contributed by atoms with E-state index in [-0.39, 0.29) is 5.56 Å². The lowest BCUT2D eigenvalue weighted by molar-refractivity contribution is 0.0679. The minimum Gasteiger partial charge on any atom is -0.371 e. The average molecular weight is 225 g/mol. The first-order chi connectivity index (χ1) is 7.70. The smallest absolute Gasteiger partial charge is 0.300 e. The standard InChI is InChI=1S/C12H13F2NO/c13-12(14)11(16)9-5-1-2-6-10(9)15-7-3-4-8-15/h1-2,5-6,12H,3-4,7-8H2. The molecule has 16 heavy (non-hydrogen) atoms. The van der Waals surface area contributed by atoms with Crippen molar-refractivity contribution < 1.29 is 13.6 Å². The fraction of sp³-hybridized carbons (Fsp3) is 0.417. The molecule has 0 saturated carbocycles. The molecule has 1 aromatic carbocycles. The summed E-state index contributed by atoms with van der Waals surface area (Å²) in [4.78, 5) is 13.3. The van der Waals surface area contributed by atoms with Crippen LogP contribution in [-0.2, 0) is 0 Å². The number of Topliss-reactive ketones (excluding diaryl/α,β-unsaturated/α-hetero) is 1. The zero-order chi connectivity index (χ0) is 11.5. The number of carbonyl (C=O) groups excluding carboxylic acids is 1. The van der Waals surface area contributed by atoms with Crippen LogP contribution in [0.3, 0.4) is 0 Å². The number of hydrogen-bond donors (Lipinski definition) is 0. The van der Waals surface area contributed by atoms with E-state index < -0.39 is 12.2 Å². The predicted molar refractivity (Wildman–Crippen MR) is 58.2 cm³/mol. The lowest BCUT2D eigenvalue weighted by Crippen LogP contribution is -2.22. The van der Waals surface area contributed by atoms with E-state index in [1.807, 2.05) is 4.90 Å². The van der Waals surface area contributed by atoms with Crippen LogP contribution in [0, 0.1) is 0 Å². The van der Waals surface area contributed by atoms with Gasteiger partial charge in [0.25, 0.3) is 0 Å². The molecule has 86 valence electrons. The summed E-state index contributed by atoms with van der Waals surface area (Å²) in [6.45, 7) is 1.68. The largest absolute Gasteiger partial charge is 0.371 e. The van der Waals surface area contributed by atoms with Crippen molar-refractivity contribution in [2.75, 3.05) is 18.0 Å². The second kappa shape index (κ2) is 4.60. The monoisotopic (exact) mass is 225 g/mol. The van der Waals surface area contributed by atoms with Gasteiger partial charge >= 0.3 is 6.43 Å². The third-order valence-electron chi connectivity index (χ3n) is 2.81. The number of anilines is 1. The number of benzene rings is 1. The Labute approximate surface area is 92.9 Å². The van der Waals surface area contributed by atoms with Gasteiger partial charge in [0.05, 0.1) is 0 Å². The third kappa shape index (κ3) is 2.05. The number of ketones is 1. The van der Waals surface area contributed by atoms with Crippen molar-refractivity contribution in [1.82, 2.24) is 0 Å². The number of halogens is 2. The highest BCUT2D eigenvalue weighted by molar-refractivity contribution is 6.03. The highest BCUT2D eigenvalue weighted by Crippen LogP contribution is 2.26. The number of rotatable bonds is 3. The van der Waals surface area contributed by atoms with Crippen molar-refractivity contribution in [2.24, 2.45) is 0 Å². The number of para-hydroxylation sites is 1. The Balaban J connectivity index is 2.33. The van der Waals surface area contributed by atoms with Crippen molar-refractivity contribution in [1.29, 1.82) is 0 Å². The molecule has 0 N–H and O–H groups in total. The number of alkyl halides is 2. The molecule has 1 fully saturated rings. The Morgan fingerprint density at radius 2 is 1.81 bits per heavy atom. The van der Waals surface area contributed by atoms with Crippen LogP contribution < -0.4 is 4.90 Å². The molecule has 1 aliphatic heterocycles.